The molecule has 2 atom stereocenters. The number of rotatable bonds is 6. The lowest BCUT2D eigenvalue weighted by atomic mass is 10.1. The molecular formula is C20H25N3O2. The van der Waals surface area contributed by atoms with Crippen LogP contribution in [-0.2, 0) is 9.53 Å². The topological polar surface area (TPSA) is 58.2 Å². The number of carbonyl (C=O) groups excluding carboxylic acids is 1. The summed E-state index contributed by atoms with van der Waals surface area (Å²) in [6, 6.07) is 8.28. The summed E-state index contributed by atoms with van der Waals surface area (Å²) in [6.45, 7) is 8.61. The predicted molar refractivity (Wildman–Crippen MR) is 98.1 cm³/mol. The minimum atomic E-state index is -0.468. The minimum Gasteiger partial charge on any atom is -0.365 e. The summed E-state index contributed by atoms with van der Waals surface area (Å²) in [5.41, 5.74) is 3.30. The molecule has 5 heteroatoms. The molecule has 1 aliphatic rings. The normalized spacial score (nSPS) is 18.3. The molecule has 2 aromatic rings. The first-order valence-corrected chi connectivity index (χ1v) is 8.75. The van der Waals surface area contributed by atoms with Crippen LogP contribution in [0.15, 0.2) is 43.1 Å². The highest BCUT2D eigenvalue weighted by Crippen LogP contribution is 2.32. The molecule has 5 nitrogen and oxygen atoms in total. The molecule has 0 spiro atoms. The van der Waals surface area contributed by atoms with E-state index in [-0.39, 0.29) is 11.9 Å². The third-order valence-electron chi connectivity index (χ3n) is 4.59. The van der Waals surface area contributed by atoms with Crippen molar-refractivity contribution in [2.45, 2.75) is 38.8 Å². The molecule has 1 aromatic heterocycles. The van der Waals surface area contributed by atoms with E-state index in [1.54, 1.807) is 13.0 Å². The number of amides is 1. The van der Waals surface area contributed by atoms with E-state index in [4.69, 9.17) is 4.74 Å². The van der Waals surface area contributed by atoms with Gasteiger partial charge in [0.1, 0.15) is 11.9 Å². The fraction of sp³-hybridized carbons (Fsp3) is 0.400. The van der Waals surface area contributed by atoms with E-state index >= 15 is 0 Å². The van der Waals surface area contributed by atoms with Crippen LogP contribution >= 0.6 is 0 Å². The molecule has 1 saturated heterocycles. The largest absolute Gasteiger partial charge is 0.365 e. The lowest BCUT2D eigenvalue weighted by molar-refractivity contribution is -0.143. The first kappa shape index (κ1) is 17.4. The van der Waals surface area contributed by atoms with Gasteiger partial charge in [0.2, 0.25) is 0 Å². The summed E-state index contributed by atoms with van der Waals surface area (Å²) >= 11 is 0. The van der Waals surface area contributed by atoms with E-state index in [1.807, 2.05) is 17.2 Å². The Labute approximate surface area is 148 Å². The second-order valence-corrected chi connectivity index (χ2v) is 6.51. The SMILES string of the molecule is C=CCOC(C)C(=O)N1CCCC1c1ncc(-c2cccc(C)c2)[nH]1. The Morgan fingerprint density at radius 1 is 1.56 bits per heavy atom. The zero-order valence-electron chi connectivity index (χ0n) is 14.9. The van der Waals surface area contributed by atoms with Crippen LogP contribution < -0.4 is 0 Å². The number of imidazole rings is 1. The van der Waals surface area contributed by atoms with Crippen molar-refractivity contribution in [1.29, 1.82) is 0 Å². The number of H-pyrrole nitrogens is 1. The average molecular weight is 339 g/mol. The van der Waals surface area contributed by atoms with Crippen molar-refractivity contribution < 1.29 is 9.53 Å². The lowest BCUT2D eigenvalue weighted by Gasteiger charge is -2.26. The molecule has 2 unspecified atom stereocenters. The minimum absolute atomic E-state index is 0.0119. The Hall–Kier alpha value is -2.40. The molecule has 3 rings (SSSR count). The highest BCUT2D eigenvalue weighted by Gasteiger charge is 2.34. The maximum Gasteiger partial charge on any atom is 0.252 e. The molecule has 132 valence electrons. The molecule has 25 heavy (non-hydrogen) atoms. The van der Waals surface area contributed by atoms with Crippen molar-refractivity contribution in [3.8, 4) is 11.3 Å². The van der Waals surface area contributed by atoms with Gasteiger partial charge in [0, 0.05) is 6.54 Å². The summed E-state index contributed by atoms with van der Waals surface area (Å²) in [4.78, 5) is 22.5. The van der Waals surface area contributed by atoms with Crippen LogP contribution in [0.4, 0.5) is 0 Å². The number of hydrogen-bond donors (Lipinski definition) is 1. The summed E-state index contributed by atoms with van der Waals surface area (Å²) in [5.74, 6) is 0.858. The number of aromatic nitrogens is 2. The third kappa shape index (κ3) is 3.82. The Balaban J connectivity index is 1.77. The highest BCUT2D eigenvalue weighted by atomic mass is 16.5. The molecule has 1 fully saturated rings. The Kier molecular flexibility index (Phi) is 5.34. The van der Waals surface area contributed by atoms with E-state index in [2.05, 4.69) is 41.7 Å². The number of nitrogens with zero attached hydrogens (tertiary/aromatic N) is 2. The van der Waals surface area contributed by atoms with Crippen molar-refractivity contribution in [3.05, 3.63) is 54.5 Å². The number of aromatic amines is 1. The second kappa shape index (κ2) is 7.66. The van der Waals surface area contributed by atoms with Crippen LogP contribution in [0.5, 0.6) is 0 Å². The van der Waals surface area contributed by atoms with E-state index < -0.39 is 6.10 Å². The molecule has 1 aliphatic heterocycles. The number of aryl methyl sites for hydroxylation is 1. The van der Waals surface area contributed by atoms with E-state index in [0.717, 1.165) is 36.5 Å². The number of nitrogens with one attached hydrogen (secondary N) is 1. The number of benzene rings is 1. The van der Waals surface area contributed by atoms with Crippen molar-refractivity contribution in [3.63, 3.8) is 0 Å². The van der Waals surface area contributed by atoms with Gasteiger partial charge in [0.15, 0.2) is 0 Å². The molecule has 1 amide bonds. The number of hydrogen-bond acceptors (Lipinski definition) is 3. The van der Waals surface area contributed by atoms with Crippen molar-refractivity contribution in [1.82, 2.24) is 14.9 Å². The first-order valence-electron chi connectivity index (χ1n) is 8.75. The number of carbonyl (C=O) groups is 1. The van der Waals surface area contributed by atoms with Gasteiger partial charge >= 0.3 is 0 Å². The van der Waals surface area contributed by atoms with Gasteiger partial charge < -0.3 is 14.6 Å². The van der Waals surface area contributed by atoms with E-state index in [1.165, 1.54) is 5.56 Å². The Morgan fingerprint density at radius 3 is 3.16 bits per heavy atom. The van der Waals surface area contributed by atoms with Crippen molar-refractivity contribution in [2.24, 2.45) is 0 Å². The van der Waals surface area contributed by atoms with Crippen molar-refractivity contribution in [2.75, 3.05) is 13.2 Å². The quantitative estimate of drug-likeness (QED) is 0.818. The maximum absolute atomic E-state index is 12.7. The van der Waals surface area contributed by atoms with E-state index in [9.17, 15) is 4.79 Å². The smallest absolute Gasteiger partial charge is 0.252 e. The van der Waals surface area contributed by atoms with Gasteiger partial charge in [-0.1, -0.05) is 29.8 Å². The van der Waals surface area contributed by atoms with Crippen LogP contribution in [0.3, 0.4) is 0 Å². The average Bonchev–Trinajstić information content (AvgIpc) is 3.27. The molecule has 1 aromatic carbocycles. The third-order valence-corrected chi connectivity index (χ3v) is 4.59. The molecular weight excluding hydrogens is 314 g/mol. The zero-order chi connectivity index (χ0) is 17.8. The Bertz CT molecular complexity index is 753. The van der Waals surface area contributed by atoms with Crippen LogP contribution in [0.2, 0.25) is 0 Å². The van der Waals surface area contributed by atoms with Gasteiger partial charge in [-0.15, -0.1) is 6.58 Å². The van der Waals surface area contributed by atoms with Gasteiger partial charge in [-0.2, -0.15) is 0 Å². The maximum atomic E-state index is 12.7. The standard InChI is InChI=1S/C20H25N3O2/c1-4-11-25-15(3)20(24)23-10-6-9-18(23)19-21-13-17(22-19)16-8-5-7-14(2)12-16/h4-5,7-8,12-13,15,18H,1,6,9-11H2,2-3H3,(H,21,22). The summed E-state index contributed by atoms with van der Waals surface area (Å²) < 4.78 is 5.50. The van der Waals surface area contributed by atoms with Crippen LogP contribution in [0.25, 0.3) is 11.3 Å². The summed E-state index contributed by atoms with van der Waals surface area (Å²) in [6.07, 6.45) is 4.94. The first-order chi connectivity index (χ1) is 12.1. The summed E-state index contributed by atoms with van der Waals surface area (Å²) in [5, 5.41) is 0. The second-order valence-electron chi connectivity index (χ2n) is 6.51. The van der Waals surface area contributed by atoms with Crippen molar-refractivity contribution >= 4 is 5.91 Å². The van der Waals surface area contributed by atoms with Gasteiger partial charge in [-0.05, 0) is 38.3 Å². The lowest BCUT2D eigenvalue weighted by Crippen LogP contribution is -2.39. The van der Waals surface area contributed by atoms with Crippen LogP contribution in [0.1, 0.15) is 37.2 Å². The monoisotopic (exact) mass is 339 g/mol. The van der Waals surface area contributed by atoms with E-state index in [0.29, 0.717) is 6.61 Å². The molecule has 1 N–H and O–H groups in total. The summed E-state index contributed by atoms with van der Waals surface area (Å²) in [7, 11) is 0. The van der Waals surface area contributed by atoms with Gasteiger partial charge in [0.05, 0.1) is 24.5 Å². The van der Waals surface area contributed by atoms with Gasteiger partial charge in [0.25, 0.3) is 5.91 Å². The molecule has 0 radical (unpaired) electrons. The predicted octanol–water partition coefficient (Wildman–Crippen LogP) is 3.64. The highest BCUT2D eigenvalue weighted by molar-refractivity contribution is 5.81. The fourth-order valence-corrected chi connectivity index (χ4v) is 3.30. The Morgan fingerprint density at radius 2 is 2.40 bits per heavy atom. The number of ether oxygens (including phenoxy) is 1. The molecule has 0 bridgehead atoms. The van der Waals surface area contributed by atoms with Gasteiger partial charge in [-0.3, -0.25) is 4.79 Å². The van der Waals surface area contributed by atoms with Crippen LogP contribution in [0, 0.1) is 6.92 Å². The fourth-order valence-electron chi connectivity index (χ4n) is 3.30. The number of likely N-dealkylation sites (tertiary alicyclic amines) is 1. The zero-order valence-corrected chi connectivity index (χ0v) is 14.9. The molecule has 2 heterocycles. The molecule has 0 saturated carbocycles. The van der Waals surface area contributed by atoms with Crippen LogP contribution in [-0.4, -0.2) is 40.0 Å². The van der Waals surface area contributed by atoms with Gasteiger partial charge in [-0.25, -0.2) is 4.98 Å². The molecule has 0 aliphatic carbocycles.